The lowest BCUT2D eigenvalue weighted by Crippen LogP contribution is -2.25. The van der Waals surface area contributed by atoms with Crippen molar-refractivity contribution in [3.63, 3.8) is 0 Å². The van der Waals surface area contributed by atoms with Crippen LogP contribution in [0.15, 0.2) is 35.1 Å². The normalized spacial score (nSPS) is 10.9. The van der Waals surface area contributed by atoms with Gasteiger partial charge < -0.3 is 4.74 Å². The first-order valence-corrected chi connectivity index (χ1v) is 8.16. The molecule has 30 heavy (non-hydrogen) atoms. The summed E-state index contributed by atoms with van der Waals surface area (Å²) in [4.78, 5) is 24.2. The zero-order valence-corrected chi connectivity index (χ0v) is 15.0. The van der Waals surface area contributed by atoms with Gasteiger partial charge in [0.25, 0.3) is 0 Å². The summed E-state index contributed by atoms with van der Waals surface area (Å²) in [6.07, 6.45) is 0. The molecular formula is C19H10F6N2O3. The van der Waals surface area contributed by atoms with Gasteiger partial charge in [-0.3, -0.25) is 4.79 Å². The number of benzene rings is 2. The second-order valence-corrected chi connectivity index (χ2v) is 5.99. The largest absolute Gasteiger partial charge is 0.456 e. The van der Waals surface area contributed by atoms with Crippen LogP contribution in [-0.4, -0.2) is 15.7 Å². The van der Waals surface area contributed by atoms with E-state index in [4.69, 9.17) is 0 Å². The van der Waals surface area contributed by atoms with Gasteiger partial charge in [-0.25, -0.2) is 35.8 Å². The zero-order chi connectivity index (χ0) is 22.2. The first kappa shape index (κ1) is 21.1. The number of aryl methyl sites for hydroxylation is 1. The third-order valence-corrected chi connectivity index (χ3v) is 4.03. The predicted octanol–water partition coefficient (Wildman–Crippen LogP) is 3.73. The van der Waals surface area contributed by atoms with Crippen molar-refractivity contribution in [3.8, 4) is 5.69 Å². The Morgan fingerprint density at radius 1 is 0.967 bits per heavy atom. The van der Waals surface area contributed by atoms with Crippen LogP contribution < -0.4 is 5.43 Å². The molecule has 0 saturated carbocycles. The number of nitrogens with zero attached hydrogens (tertiary/aromatic N) is 2. The summed E-state index contributed by atoms with van der Waals surface area (Å²) in [5.41, 5.74) is -3.19. The van der Waals surface area contributed by atoms with Crippen molar-refractivity contribution < 1.29 is 35.9 Å². The number of para-hydroxylation sites is 1. The fourth-order valence-electron chi connectivity index (χ4n) is 2.54. The summed E-state index contributed by atoms with van der Waals surface area (Å²) in [7, 11) is 0. The lowest BCUT2D eigenvalue weighted by molar-refractivity contribution is 0.0451. The fourth-order valence-corrected chi connectivity index (χ4v) is 2.54. The minimum Gasteiger partial charge on any atom is -0.456 e. The number of carbonyl (C=O) groups excluding carboxylic acids is 1. The molecular weight excluding hydrogens is 418 g/mol. The fraction of sp³-hybridized carbons (Fsp3) is 0.105. The highest BCUT2D eigenvalue weighted by atomic mass is 19.2. The molecule has 0 N–H and O–H groups in total. The number of hydrogen-bond donors (Lipinski definition) is 0. The Morgan fingerprint density at radius 2 is 1.53 bits per heavy atom. The average molecular weight is 428 g/mol. The number of esters is 1. The maximum atomic E-state index is 14.0. The van der Waals surface area contributed by atoms with Crippen molar-refractivity contribution in [2.45, 2.75) is 13.5 Å². The predicted molar refractivity (Wildman–Crippen MR) is 89.9 cm³/mol. The molecule has 0 aliphatic carbocycles. The average Bonchev–Trinajstić information content (AvgIpc) is 2.71. The first-order valence-electron chi connectivity index (χ1n) is 8.16. The Kier molecular flexibility index (Phi) is 5.63. The van der Waals surface area contributed by atoms with Crippen LogP contribution in [0.5, 0.6) is 0 Å². The standard InChI is InChI=1S/C19H10F6N2O3/c1-8-6-12(28)18(26-27(8)11-5-3-2-4-10(11)20)19(29)30-7-9-13(21)15(23)17(25)16(24)14(9)22/h2-6H,7H2,1H3. The molecule has 3 aromatic rings. The lowest BCUT2D eigenvalue weighted by Gasteiger charge is -2.12. The third kappa shape index (κ3) is 3.65. The summed E-state index contributed by atoms with van der Waals surface area (Å²) in [5.74, 6) is -13.4. The van der Waals surface area contributed by atoms with Gasteiger partial charge in [0, 0.05) is 11.8 Å². The summed E-state index contributed by atoms with van der Waals surface area (Å²) in [6.45, 7) is 0.0457. The molecule has 0 fully saturated rings. The van der Waals surface area contributed by atoms with Crippen LogP contribution in [0.4, 0.5) is 26.3 Å². The molecule has 1 heterocycles. The molecule has 0 aliphatic rings. The lowest BCUT2D eigenvalue weighted by atomic mass is 10.2. The number of ether oxygens (including phenoxy) is 1. The second kappa shape index (κ2) is 8.01. The maximum Gasteiger partial charge on any atom is 0.363 e. The zero-order valence-electron chi connectivity index (χ0n) is 15.0. The minimum absolute atomic E-state index is 0.108. The van der Waals surface area contributed by atoms with E-state index < -0.39 is 64.2 Å². The van der Waals surface area contributed by atoms with Gasteiger partial charge in [-0.15, -0.1) is 0 Å². The molecule has 2 aromatic carbocycles. The third-order valence-electron chi connectivity index (χ3n) is 4.03. The van der Waals surface area contributed by atoms with Crippen molar-refractivity contribution >= 4 is 5.97 Å². The second-order valence-electron chi connectivity index (χ2n) is 5.99. The van der Waals surface area contributed by atoms with Crippen LogP contribution in [0.25, 0.3) is 5.69 Å². The van der Waals surface area contributed by atoms with E-state index in [1.165, 1.54) is 25.1 Å². The van der Waals surface area contributed by atoms with E-state index in [0.29, 0.717) is 0 Å². The summed E-state index contributed by atoms with van der Waals surface area (Å²) in [6, 6.07) is 6.22. The molecule has 1 aromatic heterocycles. The maximum absolute atomic E-state index is 14.0. The van der Waals surface area contributed by atoms with Gasteiger partial charge in [-0.05, 0) is 19.1 Å². The molecule has 156 valence electrons. The monoisotopic (exact) mass is 428 g/mol. The summed E-state index contributed by atoms with van der Waals surface area (Å²) >= 11 is 0. The van der Waals surface area contributed by atoms with Gasteiger partial charge in [0.1, 0.15) is 18.1 Å². The van der Waals surface area contributed by atoms with Crippen LogP contribution in [0.1, 0.15) is 21.7 Å². The van der Waals surface area contributed by atoms with Crippen LogP contribution in [-0.2, 0) is 11.3 Å². The number of aromatic nitrogens is 2. The minimum atomic E-state index is -2.37. The smallest absolute Gasteiger partial charge is 0.363 e. The highest BCUT2D eigenvalue weighted by Gasteiger charge is 2.27. The number of rotatable bonds is 4. The molecule has 0 aliphatic heterocycles. The molecule has 0 radical (unpaired) electrons. The SMILES string of the molecule is Cc1cc(=O)c(C(=O)OCc2c(F)c(F)c(F)c(F)c2F)nn1-c1ccccc1F. The molecule has 0 amide bonds. The van der Waals surface area contributed by atoms with Crippen molar-refractivity contribution in [3.05, 3.63) is 92.4 Å². The van der Waals surface area contributed by atoms with E-state index in [0.717, 1.165) is 16.8 Å². The molecule has 0 bridgehead atoms. The molecule has 11 heteroatoms. The number of halogens is 6. The van der Waals surface area contributed by atoms with Crippen molar-refractivity contribution in [1.29, 1.82) is 0 Å². The van der Waals surface area contributed by atoms with E-state index in [1.54, 1.807) is 0 Å². The van der Waals surface area contributed by atoms with Crippen LogP contribution in [0.3, 0.4) is 0 Å². The van der Waals surface area contributed by atoms with Gasteiger partial charge >= 0.3 is 5.97 Å². The Morgan fingerprint density at radius 3 is 2.13 bits per heavy atom. The molecule has 5 nitrogen and oxygen atoms in total. The van der Waals surface area contributed by atoms with Gasteiger partial charge in [-0.1, -0.05) is 12.1 Å². The molecule has 3 rings (SSSR count). The van der Waals surface area contributed by atoms with Gasteiger partial charge in [0.15, 0.2) is 23.3 Å². The van der Waals surface area contributed by atoms with Crippen LogP contribution in [0, 0.1) is 41.8 Å². The van der Waals surface area contributed by atoms with Gasteiger partial charge in [-0.2, -0.15) is 5.10 Å². The van der Waals surface area contributed by atoms with E-state index >= 15 is 0 Å². The highest BCUT2D eigenvalue weighted by Crippen LogP contribution is 2.23. The Hall–Kier alpha value is -3.63. The number of carbonyl (C=O) groups is 1. The topological polar surface area (TPSA) is 61.2 Å². The van der Waals surface area contributed by atoms with Crippen molar-refractivity contribution in [2.24, 2.45) is 0 Å². The summed E-state index contributed by atoms with van der Waals surface area (Å²) < 4.78 is 86.4. The molecule has 0 atom stereocenters. The van der Waals surface area contributed by atoms with Crippen molar-refractivity contribution in [1.82, 2.24) is 9.78 Å². The van der Waals surface area contributed by atoms with Crippen LogP contribution >= 0.6 is 0 Å². The Balaban J connectivity index is 1.95. The molecule has 0 unspecified atom stereocenters. The first-order chi connectivity index (χ1) is 14.1. The van der Waals surface area contributed by atoms with Gasteiger partial charge in [0.05, 0.1) is 5.56 Å². The highest BCUT2D eigenvalue weighted by molar-refractivity contribution is 5.87. The Bertz CT molecular complexity index is 1200. The Labute approximate surface area is 164 Å². The quantitative estimate of drug-likeness (QED) is 0.275. The molecule has 0 saturated heterocycles. The van der Waals surface area contributed by atoms with Crippen molar-refractivity contribution in [2.75, 3.05) is 0 Å². The van der Waals surface area contributed by atoms with E-state index in [-0.39, 0.29) is 11.4 Å². The van der Waals surface area contributed by atoms with E-state index in [9.17, 15) is 35.9 Å². The van der Waals surface area contributed by atoms with E-state index in [2.05, 4.69) is 9.84 Å². The summed E-state index contributed by atoms with van der Waals surface area (Å²) in [5, 5.41) is 3.70. The van der Waals surface area contributed by atoms with E-state index in [1.807, 2.05) is 0 Å². The molecule has 0 spiro atoms. The van der Waals surface area contributed by atoms with Gasteiger partial charge in [0.2, 0.25) is 16.9 Å². The number of hydrogen-bond acceptors (Lipinski definition) is 4. The van der Waals surface area contributed by atoms with Crippen LogP contribution in [0.2, 0.25) is 0 Å².